The molecular weight excluding hydrogens is 360 g/mol. The normalized spacial score (nSPS) is 12.9. The van der Waals surface area contributed by atoms with E-state index in [0.29, 0.717) is 0 Å². The molecular formula is C15H20BrF2NO3. The number of nitrogens with one attached hydrogen (secondary N) is 1. The Kier molecular flexibility index (Phi) is 6.74. The van der Waals surface area contributed by atoms with E-state index in [0.717, 1.165) is 6.07 Å². The molecule has 0 aliphatic heterocycles. The van der Waals surface area contributed by atoms with Crippen LogP contribution in [-0.2, 0) is 11.2 Å². The van der Waals surface area contributed by atoms with Gasteiger partial charge in [0, 0.05) is 24.6 Å². The highest BCUT2D eigenvalue weighted by molar-refractivity contribution is 9.10. The summed E-state index contributed by atoms with van der Waals surface area (Å²) in [6.07, 6.45) is -0.676. The van der Waals surface area contributed by atoms with E-state index in [2.05, 4.69) is 21.2 Å². The summed E-state index contributed by atoms with van der Waals surface area (Å²) in [6, 6.07) is 2.43. The van der Waals surface area contributed by atoms with Gasteiger partial charge in [0.05, 0.1) is 4.47 Å². The number of halogens is 3. The minimum Gasteiger partial charge on any atom is -0.444 e. The van der Waals surface area contributed by atoms with Crippen LogP contribution in [-0.4, -0.2) is 30.0 Å². The Labute approximate surface area is 137 Å². The van der Waals surface area contributed by atoms with Gasteiger partial charge in [-0.3, -0.25) is 0 Å². The zero-order chi connectivity index (χ0) is 16.9. The minimum atomic E-state index is -0.698. The second kappa shape index (κ2) is 7.87. The van der Waals surface area contributed by atoms with Gasteiger partial charge in [-0.1, -0.05) is 0 Å². The van der Waals surface area contributed by atoms with Gasteiger partial charge in [-0.05, 0) is 55.3 Å². The average Bonchev–Trinajstić information content (AvgIpc) is 2.40. The van der Waals surface area contributed by atoms with Crippen molar-refractivity contribution in [2.45, 2.75) is 32.8 Å². The molecule has 22 heavy (non-hydrogen) atoms. The molecule has 0 bridgehead atoms. The molecule has 1 aromatic rings. The highest BCUT2D eigenvalue weighted by atomic mass is 79.9. The van der Waals surface area contributed by atoms with Crippen molar-refractivity contribution in [1.82, 2.24) is 5.32 Å². The summed E-state index contributed by atoms with van der Waals surface area (Å²) < 4.78 is 32.8. The molecule has 1 unspecified atom stereocenters. The third-order valence-electron chi connectivity index (χ3n) is 2.82. The number of hydrogen-bond acceptors (Lipinski definition) is 3. The highest BCUT2D eigenvalue weighted by Crippen LogP contribution is 2.23. The molecule has 7 heteroatoms. The molecule has 0 spiro atoms. The summed E-state index contributed by atoms with van der Waals surface area (Å²) in [4.78, 5) is 11.5. The predicted molar refractivity (Wildman–Crippen MR) is 82.6 cm³/mol. The maximum absolute atomic E-state index is 13.9. The van der Waals surface area contributed by atoms with Crippen LogP contribution >= 0.6 is 15.9 Å². The van der Waals surface area contributed by atoms with Crippen molar-refractivity contribution in [3.05, 3.63) is 33.8 Å². The number of alkyl carbamates (subject to hydrolysis) is 1. The largest absolute Gasteiger partial charge is 0.444 e. The number of carbonyl (C=O) groups is 1. The number of amides is 1. The van der Waals surface area contributed by atoms with Crippen molar-refractivity contribution in [3.8, 4) is 0 Å². The lowest BCUT2D eigenvalue weighted by molar-refractivity contribution is 0.0512. The van der Waals surface area contributed by atoms with E-state index in [-0.39, 0.29) is 29.6 Å². The number of hydrogen-bond donors (Lipinski definition) is 2. The van der Waals surface area contributed by atoms with Crippen molar-refractivity contribution < 1.29 is 23.4 Å². The Bertz CT molecular complexity index is 532. The summed E-state index contributed by atoms with van der Waals surface area (Å²) in [5.74, 6) is -1.90. The van der Waals surface area contributed by atoms with E-state index in [1.54, 1.807) is 20.8 Å². The maximum atomic E-state index is 13.9. The van der Waals surface area contributed by atoms with Gasteiger partial charge in [-0.25, -0.2) is 13.6 Å². The number of carbonyl (C=O) groups excluding carboxylic acids is 1. The Hall–Kier alpha value is -1.21. The van der Waals surface area contributed by atoms with Crippen LogP contribution in [0.1, 0.15) is 26.3 Å². The molecule has 0 radical (unpaired) electrons. The fourth-order valence-electron chi connectivity index (χ4n) is 1.79. The molecule has 1 amide bonds. The average molecular weight is 380 g/mol. The topological polar surface area (TPSA) is 58.6 Å². The van der Waals surface area contributed by atoms with Gasteiger partial charge in [0.15, 0.2) is 0 Å². The molecule has 0 aliphatic carbocycles. The van der Waals surface area contributed by atoms with E-state index < -0.39 is 29.2 Å². The van der Waals surface area contributed by atoms with Gasteiger partial charge in [0.25, 0.3) is 0 Å². The van der Waals surface area contributed by atoms with Crippen molar-refractivity contribution in [2.75, 3.05) is 13.2 Å². The lowest BCUT2D eigenvalue weighted by Gasteiger charge is -2.21. The van der Waals surface area contributed by atoms with Crippen LogP contribution in [0.3, 0.4) is 0 Å². The zero-order valence-corrected chi connectivity index (χ0v) is 14.3. The van der Waals surface area contributed by atoms with Crippen LogP contribution in [0.25, 0.3) is 0 Å². The summed E-state index contributed by atoms with van der Waals surface area (Å²) in [7, 11) is 0. The third-order valence-corrected chi connectivity index (χ3v) is 3.44. The highest BCUT2D eigenvalue weighted by Gasteiger charge is 2.20. The molecule has 0 aromatic heterocycles. The molecule has 0 saturated heterocycles. The first kappa shape index (κ1) is 18.8. The summed E-state index contributed by atoms with van der Waals surface area (Å²) in [5, 5.41) is 11.8. The number of aliphatic hydroxyl groups excluding tert-OH is 1. The van der Waals surface area contributed by atoms with Crippen LogP contribution < -0.4 is 5.32 Å². The number of rotatable bonds is 5. The standard InChI is InChI=1S/C15H20BrF2NO3/c1-15(2,3)22-14(21)19-7-9(8-20)6-10-12(17)5-4-11(16)13(10)18/h4-5,9,20H,6-8H2,1-3H3,(H,19,21). The number of ether oxygens (including phenoxy) is 1. The fraction of sp³-hybridized carbons (Fsp3) is 0.533. The molecule has 0 aliphatic rings. The summed E-state index contributed by atoms with van der Waals surface area (Å²) >= 11 is 2.99. The van der Waals surface area contributed by atoms with Crippen LogP contribution in [0.5, 0.6) is 0 Å². The molecule has 4 nitrogen and oxygen atoms in total. The quantitative estimate of drug-likeness (QED) is 0.770. The van der Waals surface area contributed by atoms with E-state index in [4.69, 9.17) is 4.74 Å². The molecule has 2 N–H and O–H groups in total. The van der Waals surface area contributed by atoms with Crippen molar-refractivity contribution in [2.24, 2.45) is 5.92 Å². The van der Waals surface area contributed by atoms with Crippen LogP contribution in [0.2, 0.25) is 0 Å². The SMILES string of the molecule is CC(C)(C)OC(=O)NCC(CO)Cc1c(F)ccc(Br)c1F. The first-order valence-corrected chi connectivity index (χ1v) is 7.63. The lowest BCUT2D eigenvalue weighted by atomic mass is 9.99. The van der Waals surface area contributed by atoms with Gasteiger partial charge in [-0.15, -0.1) is 0 Å². The first-order valence-electron chi connectivity index (χ1n) is 6.84. The van der Waals surface area contributed by atoms with Gasteiger partial charge in [-0.2, -0.15) is 0 Å². The zero-order valence-electron chi connectivity index (χ0n) is 12.8. The molecule has 1 aromatic carbocycles. The predicted octanol–water partition coefficient (Wildman–Crippen LogP) is 3.40. The van der Waals surface area contributed by atoms with Gasteiger partial charge >= 0.3 is 6.09 Å². The van der Waals surface area contributed by atoms with E-state index in [9.17, 15) is 18.7 Å². The minimum absolute atomic E-state index is 0.0383. The van der Waals surface area contributed by atoms with Crippen LogP contribution in [0, 0.1) is 17.6 Å². The van der Waals surface area contributed by atoms with Crippen LogP contribution in [0.4, 0.5) is 13.6 Å². The smallest absolute Gasteiger partial charge is 0.407 e. The molecule has 0 heterocycles. The second-order valence-electron chi connectivity index (χ2n) is 5.96. The van der Waals surface area contributed by atoms with Crippen molar-refractivity contribution >= 4 is 22.0 Å². The number of aliphatic hydroxyl groups is 1. The van der Waals surface area contributed by atoms with Crippen molar-refractivity contribution in [3.63, 3.8) is 0 Å². The van der Waals surface area contributed by atoms with Gasteiger partial charge in [0.1, 0.15) is 17.2 Å². The first-order chi connectivity index (χ1) is 10.1. The van der Waals surface area contributed by atoms with E-state index >= 15 is 0 Å². The fourth-order valence-corrected chi connectivity index (χ4v) is 2.16. The third kappa shape index (κ3) is 5.88. The Balaban J connectivity index is 2.67. The van der Waals surface area contributed by atoms with E-state index in [1.807, 2.05) is 0 Å². The molecule has 1 rings (SSSR count). The van der Waals surface area contributed by atoms with Gasteiger partial charge in [0.2, 0.25) is 0 Å². The van der Waals surface area contributed by atoms with Gasteiger partial charge < -0.3 is 15.2 Å². The summed E-state index contributed by atoms with van der Waals surface area (Å²) in [5.41, 5.74) is -0.763. The second-order valence-corrected chi connectivity index (χ2v) is 6.81. The monoisotopic (exact) mass is 379 g/mol. The molecule has 0 saturated carbocycles. The Morgan fingerprint density at radius 1 is 1.41 bits per heavy atom. The van der Waals surface area contributed by atoms with Crippen LogP contribution in [0.15, 0.2) is 16.6 Å². The Morgan fingerprint density at radius 3 is 2.59 bits per heavy atom. The molecule has 124 valence electrons. The molecule has 1 atom stereocenters. The maximum Gasteiger partial charge on any atom is 0.407 e. The molecule has 0 fully saturated rings. The lowest BCUT2D eigenvalue weighted by Crippen LogP contribution is -2.36. The summed E-state index contributed by atoms with van der Waals surface area (Å²) in [6.45, 7) is 4.91. The number of benzene rings is 1. The van der Waals surface area contributed by atoms with E-state index in [1.165, 1.54) is 6.07 Å². The van der Waals surface area contributed by atoms with Crippen molar-refractivity contribution in [1.29, 1.82) is 0 Å². The Morgan fingerprint density at radius 2 is 2.05 bits per heavy atom.